The summed E-state index contributed by atoms with van der Waals surface area (Å²) in [5, 5.41) is 6.78. The normalized spacial score (nSPS) is 12.0. The molecule has 2 heterocycles. The minimum atomic E-state index is -0.671. The zero-order chi connectivity index (χ0) is 21.1. The van der Waals surface area contributed by atoms with Crippen molar-refractivity contribution in [2.75, 3.05) is 18.0 Å². The molecule has 2 amide bonds. The molecule has 0 saturated heterocycles. The summed E-state index contributed by atoms with van der Waals surface area (Å²) in [5.41, 5.74) is -0.712. The highest BCUT2D eigenvalue weighted by Crippen LogP contribution is 2.21. The first-order chi connectivity index (χ1) is 12.9. The van der Waals surface area contributed by atoms with Crippen molar-refractivity contribution in [1.82, 2.24) is 19.9 Å². The van der Waals surface area contributed by atoms with Crippen molar-refractivity contribution >= 4 is 39.6 Å². The van der Waals surface area contributed by atoms with Gasteiger partial charge in [-0.3, -0.25) is 4.90 Å². The Morgan fingerprint density at radius 2 is 1.82 bits per heavy atom. The number of alkyl carbamates (subject to hydrolysis) is 1. The van der Waals surface area contributed by atoms with Gasteiger partial charge in [0.15, 0.2) is 5.65 Å². The van der Waals surface area contributed by atoms with E-state index < -0.39 is 23.4 Å². The lowest BCUT2D eigenvalue weighted by molar-refractivity contribution is 0.0512. The number of nitrogens with zero attached hydrogens (tertiary/aromatic N) is 4. The molecule has 2 aromatic rings. The summed E-state index contributed by atoms with van der Waals surface area (Å²) in [4.78, 5) is 30.4. The Balaban J connectivity index is 2.18. The fourth-order valence-corrected chi connectivity index (χ4v) is 2.54. The molecular formula is C18H26BrN5O4. The van der Waals surface area contributed by atoms with Gasteiger partial charge in [0.05, 0.1) is 10.7 Å². The monoisotopic (exact) mass is 455 g/mol. The molecule has 0 fully saturated rings. The van der Waals surface area contributed by atoms with Crippen LogP contribution in [-0.4, -0.2) is 51.1 Å². The van der Waals surface area contributed by atoms with E-state index in [1.165, 1.54) is 4.90 Å². The van der Waals surface area contributed by atoms with Gasteiger partial charge in [-0.15, -0.1) is 0 Å². The molecule has 2 aromatic heterocycles. The second-order valence-electron chi connectivity index (χ2n) is 8.11. The highest BCUT2D eigenvalue weighted by atomic mass is 79.9. The largest absolute Gasteiger partial charge is 0.444 e. The zero-order valence-electron chi connectivity index (χ0n) is 16.9. The van der Waals surface area contributed by atoms with Gasteiger partial charge in [0.1, 0.15) is 17.0 Å². The van der Waals surface area contributed by atoms with Crippen LogP contribution in [0.4, 0.5) is 15.4 Å². The SMILES string of the molecule is CC(C)(C)OC(=O)NCCN(C(=O)OC(C)(C)C)c1ccn2ncc(Br)c2n1. The lowest BCUT2D eigenvalue weighted by Crippen LogP contribution is -2.43. The van der Waals surface area contributed by atoms with Crippen molar-refractivity contribution in [3.8, 4) is 0 Å². The van der Waals surface area contributed by atoms with Gasteiger partial charge in [-0.25, -0.2) is 19.1 Å². The molecule has 0 radical (unpaired) electrons. The number of hydrogen-bond donors (Lipinski definition) is 1. The molecule has 0 aliphatic rings. The number of ether oxygens (including phenoxy) is 2. The van der Waals surface area contributed by atoms with Crippen molar-refractivity contribution in [2.45, 2.75) is 52.7 Å². The second kappa shape index (κ2) is 8.34. The van der Waals surface area contributed by atoms with Crippen LogP contribution in [0.3, 0.4) is 0 Å². The maximum absolute atomic E-state index is 12.7. The summed E-state index contributed by atoms with van der Waals surface area (Å²) in [6.07, 6.45) is 2.19. The summed E-state index contributed by atoms with van der Waals surface area (Å²) in [6, 6.07) is 1.66. The molecule has 28 heavy (non-hydrogen) atoms. The van der Waals surface area contributed by atoms with Gasteiger partial charge in [-0.05, 0) is 63.5 Å². The zero-order valence-corrected chi connectivity index (χ0v) is 18.5. The average Bonchev–Trinajstić information content (AvgIpc) is 2.89. The van der Waals surface area contributed by atoms with Crippen LogP contribution in [-0.2, 0) is 9.47 Å². The van der Waals surface area contributed by atoms with E-state index in [9.17, 15) is 9.59 Å². The number of aromatic nitrogens is 3. The fraction of sp³-hybridized carbons (Fsp3) is 0.556. The Kier molecular flexibility index (Phi) is 6.53. The maximum atomic E-state index is 12.7. The lowest BCUT2D eigenvalue weighted by atomic mass is 10.2. The molecule has 10 heteroatoms. The minimum Gasteiger partial charge on any atom is -0.444 e. The number of carbonyl (C=O) groups is 2. The molecule has 0 saturated carbocycles. The van der Waals surface area contributed by atoms with Crippen LogP contribution in [0.25, 0.3) is 5.65 Å². The van der Waals surface area contributed by atoms with Gasteiger partial charge in [-0.2, -0.15) is 5.10 Å². The molecular weight excluding hydrogens is 430 g/mol. The topological polar surface area (TPSA) is 98.1 Å². The van der Waals surface area contributed by atoms with Crippen LogP contribution in [0.15, 0.2) is 22.9 Å². The lowest BCUT2D eigenvalue weighted by Gasteiger charge is -2.27. The highest BCUT2D eigenvalue weighted by Gasteiger charge is 2.25. The van der Waals surface area contributed by atoms with Crippen molar-refractivity contribution in [3.05, 3.63) is 22.9 Å². The van der Waals surface area contributed by atoms with Gasteiger partial charge in [-0.1, -0.05) is 0 Å². The molecule has 0 aliphatic carbocycles. The third kappa shape index (κ3) is 6.36. The van der Waals surface area contributed by atoms with Gasteiger partial charge in [0, 0.05) is 19.3 Å². The summed E-state index contributed by atoms with van der Waals surface area (Å²) in [7, 11) is 0. The summed E-state index contributed by atoms with van der Waals surface area (Å²) in [5.74, 6) is 0.383. The number of amides is 2. The molecule has 0 unspecified atom stereocenters. The smallest absolute Gasteiger partial charge is 0.416 e. The van der Waals surface area contributed by atoms with E-state index in [2.05, 4.69) is 31.3 Å². The highest BCUT2D eigenvalue weighted by molar-refractivity contribution is 9.10. The Morgan fingerprint density at radius 3 is 2.43 bits per heavy atom. The van der Waals surface area contributed by atoms with Crippen molar-refractivity contribution in [1.29, 1.82) is 0 Å². The van der Waals surface area contributed by atoms with E-state index in [0.717, 1.165) is 0 Å². The first-order valence-corrected chi connectivity index (χ1v) is 9.62. The van der Waals surface area contributed by atoms with Gasteiger partial charge >= 0.3 is 12.2 Å². The number of hydrogen-bond acceptors (Lipinski definition) is 6. The van der Waals surface area contributed by atoms with Crippen LogP contribution in [0.5, 0.6) is 0 Å². The molecule has 0 aliphatic heterocycles. The summed E-state index contributed by atoms with van der Waals surface area (Å²) < 4.78 is 13.0. The number of anilines is 1. The maximum Gasteiger partial charge on any atom is 0.416 e. The van der Waals surface area contributed by atoms with Crippen LogP contribution in [0.2, 0.25) is 0 Å². The van der Waals surface area contributed by atoms with E-state index in [1.807, 2.05) is 0 Å². The number of carbonyl (C=O) groups excluding carboxylic acids is 2. The van der Waals surface area contributed by atoms with Crippen molar-refractivity contribution < 1.29 is 19.1 Å². The number of fused-ring (bicyclic) bond motifs is 1. The third-order valence-corrected chi connectivity index (χ3v) is 3.76. The Morgan fingerprint density at radius 1 is 1.18 bits per heavy atom. The van der Waals surface area contributed by atoms with Gasteiger partial charge in [0.25, 0.3) is 0 Å². The van der Waals surface area contributed by atoms with Gasteiger partial charge in [0.2, 0.25) is 0 Å². The number of rotatable bonds is 4. The van der Waals surface area contributed by atoms with E-state index in [0.29, 0.717) is 15.9 Å². The van der Waals surface area contributed by atoms with Crippen molar-refractivity contribution in [2.24, 2.45) is 0 Å². The molecule has 0 atom stereocenters. The van der Waals surface area contributed by atoms with Crippen LogP contribution in [0, 0.1) is 0 Å². The first-order valence-electron chi connectivity index (χ1n) is 8.83. The Hall–Kier alpha value is -2.36. The number of nitrogens with one attached hydrogen (secondary N) is 1. The van der Waals surface area contributed by atoms with Gasteiger partial charge < -0.3 is 14.8 Å². The standard InChI is InChI=1S/C18H26BrN5O4/c1-17(2,3)27-15(25)20-8-10-23(16(26)28-18(4,5)6)13-7-9-24-14(22-13)12(19)11-21-24/h7,9,11H,8,10H2,1-6H3,(H,20,25). The summed E-state index contributed by atoms with van der Waals surface area (Å²) >= 11 is 3.38. The molecule has 9 nitrogen and oxygen atoms in total. The first kappa shape index (κ1) is 21.9. The quantitative estimate of drug-likeness (QED) is 0.753. The molecule has 0 aromatic carbocycles. The summed E-state index contributed by atoms with van der Waals surface area (Å²) in [6.45, 7) is 11.0. The van der Waals surface area contributed by atoms with E-state index in [4.69, 9.17) is 9.47 Å². The second-order valence-corrected chi connectivity index (χ2v) is 8.96. The average molecular weight is 456 g/mol. The molecule has 0 bridgehead atoms. The number of halogens is 1. The Labute approximate surface area is 172 Å². The van der Waals surface area contributed by atoms with Crippen LogP contribution < -0.4 is 10.2 Å². The Bertz CT molecular complexity index is 854. The predicted octanol–water partition coefficient (Wildman–Crippen LogP) is 3.76. The minimum absolute atomic E-state index is 0.156. The molecule has 154 valence electrons. The third-order valence-electron chi connectivity index (χ3n) is 3.21. The fourth-order valence-electron chi connectivity index (χ4n) is 2.18. The predicted molar refractivity (Wildman–Crippen MR) is 109 cm³/mol. The molecule has 2 rings (SSSR count). The van der Waals surface area contributed by atoms with Crippen LogP contribution >= 0.6 is 15.9 Å². The molecule has 0 spiro atoms. The van der Waals surface area contributed by atoms with Crippen molar-refractivity contribution in [3.63, 3.8) is 0 Å². The van der Waals surface area contributed by atoms with Crippen LogP contribution in [0.1, 0.15) is 41.5 Å². The van der Waals surface area contributed by atoms with E-state index in [1.54, 1.807) is 64.5 Å². The molecule has 1 N–H and O–H groups in total. The van der Waals surface area contributed by atoms with E-state index >= 15 is 0 Å². The van der Waals surface area contributed by atoms with E-state index in [-0.39, 0.29) is 13.1 Å².